The van der Waals surface area contributed by atoms with Crippen molar-refractivity contribution in [2.45, 2.75) is 92.5 Å². The number of nitrogens with zero attached hydrogens (tertiary/aromatic N) is 4. The Labute approximate surface area is 301 Å². The Bertz CT molecular complexity index is 1280. The number of hydrogen-bond donors (Lipinski definition) is 2. The summed E-state index contributed by atoms with van der Waals surface area (Å²) in [6.07, 6.45) is 14.7. The first-order valence-electron chi connectivity index (χ1n) is 16.9. The van der Waals surface area contributed by atoms with Crippen molar-refractivity contribution in [3.05, 3.63) is 84.6 Å². The molecule has 2 heterocycles. The molecular weight excluding hydrogens is 640 g/mol. The molecule has 1 fully saturated rings. The van der Waals surface area contributed by atoms with E-state index in [2.05, 4.69) is 53.5 Å². The molecule has 0 saturated carbocycles. The number of nitrogens with one attached hydrogen (secondary N) is 1. The molecule has 2 amide bonds. The summed E-state index contributed by atoms with van der Waals surface area (Å²) in [4.78, 5) is 33.6. The van der Waals surface area contributed by atoms with E-state index in [1.165, 1.54) is 6.20 Å². The average Bonchev–Trinajstić information content (AvgIpc) is 3.54. The number of hydrogen-bond acceptors (Lipinski definition) is 7. The largest absolute Gasteiger partial charge is 0.447 e. The zero-order chi connectivity index (χ0) is 38.1. The number of carbonyl (C=O) groups is 2. The van der Waals surface area contributed by atoms with Gasteiger partial charge in [0.25, 0.3) is 0 Å². The number of rotatable bonds is 11. The topological polar surface area (TPSA) is 115 Å². The van der Waals surface area contributed by atoms with Gasteiger partial charge in [0.2, 0.25) is 0 Å². The maximum atomic E-state index is 12.9. The van der Waals surface area contributed by atoms with Gasteiger partial charge in [-0.1, -0.05) is 71.5 Å². The van der Waals surface area contributed by atoms with Crippen molar-refractivity contribution in [3.63, 3.8) is 0 Å². The quantitative estimate of drug-likeness (QED) is 0.178. The van der Waals surface area contributed by atoms with E-state index in [0.29, 0.717) is 49.6 Å². The Morgan fingerprint density at radius 3 is 2.12 bits per heavy atom. The zero-order valence-electron chi connectivity index (χ0n) is 31.2. The smallest absolute Gasteiger partial charge is 0.410 e. The minimum Gasteiger partial charge on any atom is -0.447 e. The molecule has 1 saturated heterocycles. The molecular formula is C38H61ClN6O4. The summed E-state index contributed by atoms with van der Waals surface area (Å²) in [6.45, 7) is 29.6. The van der Waals surface area contributed by atoms with Gasteiger partial charge in [-0.05, 0) is 68.6 Å². The lowest BCUT2D eigenvalue weighted by molar-refractivity contribution is 0.0480. The molecule has 1 aromatic carbocycles. The molecule has 0 bridgehead atoms. The van der Waals surface area contributed by atoms with Crippen LogP contribution in [-0.2, 0) is 16.5 Å². The number of terminal acetylenes is 1. The van der Waals surface area contributed by atoms with E-state index in [4.69, 9.17) is 21.1 Å². The van der Waals surface area contributed by atoms with Gasteiger partial charge in [0.1, 0.15) is 6.10 Å². The summed E-state index contributed by atoms with van der Waals surface area (Å²) in [5.41, 5.74) is 7.87. The van der Waals surface area contributed by atoms with Crippen LogP contribution in [0, 0.1) is 12.8 Å². The molecule has 10 nitrogen and oxygen atoms in total. The van der Waals surface area contributed by atoms with Crippen molar-refractivity contribution in [2.24, 2.45) is 12.8 Å². The molecule has 3 rings (SSSR count). The third kappa shape index (κ3) is 15.7. The van der Waals surface area contributed by atoms with Crippen molar-refractivity contribution in [2.75, 3.05) is 26.2 Å². The van der Waals surface area contributed by atoms with Crippen molar-refractivity contribution in [3.8, 4) is 12.8 Å². The van der Waals surface area contributed by atoms with E-state index < -0.39 is 12.1 Å². The highest BCUT2D eigenvalue weighted by atomic mass is 35.5. The zero-order valence-corrected chi connectivity index (χ0v) is 32.0. The van der Waals surface area contributed by atoms with Gasteiger partial charge in [-0.25, -0.2) is 14.6 Å². The van der Waals surface area contributed by atoms with E-state index in [0.717, 1.165) is 16.8 Å². The fourth-order valence-electron chi connectivity index (χ4n) is 4.78. The predicted octanol–water partition coefficient (Wildman–Crippen LogP) is 8.52. The van der Waals surface area contributed by atoms with Gasteiger partial charge in [-0.3, -0.25) is 4.90 Å². The normalized spacial score (nSPS) is 13.8. The van der Waals surface area contributed by atoms with Crippen LogP contribution in [0.2, 0.25) is 5.02 Å². The molecule has 11 heteroatoms. The summed E-state index contributed by atoms with van der Waals surface area (Å²) in [5.74, 6) is 0. The first kappa shape index (κ1) is 46.9. The van der Waals surface area contributed by atoms with E-state index in [1.54, 1.807) is 17.4 Å². The molecule has 3 unspecified atom stereocenters. The minimum absolute atomic E-state index is 0.0379. The summed E-state index contributed by atoms with van der Waals surface area (Å²) in [6, 6.07) is 5.12. The van der Waals surface area contributed by atoms with Crippen LogP contribution < -0.4 is 11.1 Å². The maximum absolute atomic E-state index is 12.9. The fraction of sp³-hybridized carbons (Fsp3) is 0.500. The number of benzene rings is 1. The molecule has 1 aliphatic heterocycles. The Balaban J connectivity index is 0. The van der Waals surface area contributed by atoms with Gasteiger partial charge in [-0.15, -0.1) is 19.4 Å². The number of ether oxygens (including phenoxy) is 2. The van der Waals surface area contributed by atoms with E-state index in [-0.39, 0.29) is 24.3 Å². The van der Waals surface area contributed by atoms with Gasteiger partial charge in [-0.2, -0.15) is 0 Å². The second-order valence-electron chi connectivity index (χ2n) is 10.6. The monoisotopic (exact) mass is 700 g/mol. The van der Waals surface area contributed by atoms with Gasteiger partial charge < -0.3 is 30.0 Å². The highest BCUT2D eigenvalue weighted by Crippen LogP contribution is 2.38. The van der Waals surface area contributed by atoms with E-state index >= 15 is 0 Å². The number of amides is 2. The number of aromatic nitrogens is 2. The van der Waals surface area contributed by atoms with Gasteiger partial charge in [0.15, 0.2) is 0 Å². The minimum atomic E-state index is -0.603. The first-order chi connectivity index (χ1) is 23.5. The highest BCUT2D eigenvalue weighted by molar-refractivity contribution is 6.30. The molecule has 0 aliphatic carbocycles. The maximum Gasteiger partial charge on any atom is 0.410 e. The second kappa shape index (κ2) is 26.7. The van der Waals surface area contributed by atoms with E-state index in [9.17, 15) is 9.59 Å². The van der Waals surface area contributed by atoms with Gasteiger partial charge in [0.05, 0.1) is 30.4 Å². The second-order valence-corrected chi connectivity index (χ2v) is 11.1. The Kier molecular flexibility index (Phi) is 25.6. The molecule has 49 heavy (non-hydrogen) atoms. The van der Waals surface area contributed by atoms with Crippen LogP contribution >= 0.6 is 11.6 Å². The standard InChI is InChI=1S/C30H42ClN5O4.C2H5N.2C2H6.C2H2/c1-8-10-26(35-13-15-36(16-14-35)30(38)39-20(3)4)24-12-11-23(31)17-25(24)22(6)28(27-18-32-19-34(27)7)33-29(37)40-21(5)9-2;1-2-3;3*1-2/h8,11-12,17-21,26,28H,1,6,9-10,13-16H2,2-5,7H3,(H,33,37);2H,1,3H2;2*1-2H3;1-2H. The molecule has 3 N–H and O–H groups in total. The molecule has 0 radical (unpaired) electrons. The van der Waals surface area contributed by atoms with Crippen LogP contribution in [0.15, 0.2) is 62.7 Å². The van der Waals surface area contributed by atoms with Crippen molar-refractivity contribution in [1.29, 1.82) is 0 Å². The number of nitrogens with two attached hydrogens (primary N) is 1. The lowest BCUT2D eigenvalue weighted by Crippen LogP contribution is -2.50. The molecule has 274 valence electrons. The van der Waals surface area contributed by atoms with Crippen LogP contribution in [0.25, 0.3) is 5.57 Å². The summed E-state index contributed by atoms with van der Waals surface area (Å²) < 4.78 is 12.8. The third-order valence-electron chi connectivity index (χ3n) is 7.10. The molecule has 0 spiro atoms. The number of halogens is 1. The van der Waals surface area contributed by atoms with Crippen LogP contribution in [0.1, 0.15) is 97.1 Å². The molecule has 2 aromatic rings. The van der Waals surface area contributed by atoms with Crippen LogP contribution in [-0.4, -0.2) is 69.9 Å². The number of carbonyl (C=O) groups excluding carboxylic acids is 2. The molecule has 1 aliphatic rings. The van der Waals surface area contributed by atoms with Crippen LogP contribution in [0.5, 0.6) is 0 Å². The number of aryl methyl sites for hydroxylation is 1. The first-order valence-corrected chi connectivity index (χ1v) is 17.2. The Morgan fingerprint density at radius 1 is 1.08 bits per heavy atom. The predicted molar refractivity (Wildman–Crippen MR) is 205 cm³/mol. The van der Waals surface area contributed by atoms with Crippen molar-refractivity contribution in [1.82, 2.24) is 24.7 Å². The Hall–Kier alpha value is -4.20. The van der Waals surface area contributed by atoms with Gasteiger partial charge >= 0.3 is 12.2 Å². The molecule has 1 aromatic heterocycles. The summed E-state index contributed by atoms with van der Waals surface area (Å²) in [7, 11) is 1.87. The Morgan fingerprint density at radius 2 is 1.65 bits per heavy atom. The van der Waals surface area contributed by atoms with Crippen molar-refractivity contribution < 1.29 is 19.1 Å². The average molecular weight is 701 g/mol. The number of alkyl carbamates (subject to hydrolysis) is 1. The summed E-state index contributed by atoms with van der Waals surface area (Å²) >= 11 is 6.52. The summed E-state index contributed by atoms with van der Waals surface area (Å²) in [5, 5.41) is 3.56. The van der Waals surface area contributed by atoms with E-state index in [1.807, 2.05) is 91.3 Å². The SMILES string of the molecule is C#C.C=CCC(c1ccc(Cl)cc1C(=C)C(NC(=O)OC(C)CC)c1cncn1C)N1CCN(C(=O)OC(C)C)CC1.C=CN.CC.CC. The van der Waals surface area contributed by atoms with Gasteiger partial charge in [0, 0.05) is 44.3 Å². The highest BCUT2D eigenvalue weighted by Gasteiger charge is 2.31. The number of imidazole rings is 1. The lowest BCUT2D eigenvalue weighted by atomic mass is 9.88. The van der Waals surface area contributed by atoms with Crippen LogP contribution in [0.4, 0.5) is 9.59 Å². The lowest BCUT2D eigenvalue weighted by Gasteiger charge is -2.40. The van der Waals surface area contributed by atoms with Crippen LogP contribution in [0.3, 0.4) is 0 Å². The number of piperazine rings is 1. The van der Waals surface area contributed by atoms with Crippen molar-refractivity contribution >= 4 is 29.4 Å². The fourth-order valence-corrected chi connectivity index (χ4v) is 4.95. The molecule has 3 atom stereocenters. The third-order valence-corrected chi connectivity index (χ3v) is 7.34.